The number of hydrogen-bond acceptors (Lipinski definition) is 4. The Labute approximate surface area is 113 Å². The lowest BCUT2D eigenvalue weighted by Gasteiger charge is -2.40. The Morgan fingerprint density at radius 2 is 2.00 bits per heavy atom. The average molecular weight is 283 g/mol. The van der Waals surface area contributed by atoms with Crippen molar-refractivity contribution in [3.63, 3.8) is 0 Å². The van der Waals surface area contributed by atoms with E-state index in [4.69, 9.17) is 0 Å². The Kier molecular flexibility index (Phi) is 6.89. The number of aliphatic carboxylic acids is 1. The van der Waals surface area contributed by atoms with E-state index in [2.05, 4.69) is 23.3 Å². The number of carbonyl (C=O) groups is 2. The summed E-state index contributed by atoms with van der Waals surface area (Å²) in [6, 6.07) is -0.843. The summed E-state index contributed by atoms with van der Waals surface area (Å²) in [7, 11) is 0. The summed E-state index contributed by atoms with van der Waals surface area (Å²) in [6.07, 6.45) is 1.43. The molecule has 0 saturated carbocycles. The molecule has 7 heteroatoms. The normalized spacial score (nSPS) is 19.9. The molecule has 1 aliphatic heterocycles. The first kappa shape index (κ1) is 16.5. The fourth-order valence-corrected chi connectivity index (χ4v) is 2.64. The van der Waals surface area contributed by atoms with Gasteiger partial charge in [-0.3, -0.25) is 4.79 Å². The highest BCUT2D eigenvalue weighted by Gasteiger charge is 2.43. The van der Waals surface area contributed by atoms with Crippen LogP contribution in [0.4, 0.5) is 0 Å². The van der Waals surface area contributed by atoms with Gasteiger partial charge < -0.3 is 15.7 Å². The van der Waals surface area contributed by atoms with Crippen molar-refractivity contribution in [3.8, 4) is 0 Å². The van der Waals surface area contributed by atoms with Gasteiger partial charge in [0, 0.05) is 12.3 Å². The molecule has 100 valence electrons. The van der Waals surface area contributed by atoms with E-state index in [1.165, 1.54) is 6.92 Å². The van der Waals surface area contributed by atoms with E-state index in [-0.39, 0.29) is 18.3 Å². The van der Waals surface area contributed by atoms with Crippen LogP contribution in [0.1, 0.15) is 19.8 Å². The van der Waals surface area contributed by atoms with Crippen molar-refractivity contribution in [2.24, 2.45) is 5.41 Å². The lowest BCUT2D eigenvalue weighted by atomic mass is 9.74. The second-order valence-corrected chi connectivity index (χ2v) is 4.56. The molecular formula is C10H19ClN2O3S. The van der Waals surface area contributed by atoms with E-state index in [0.717, 1.165) is 13.1 Å². The highest BCUT2D eigenvalue weighted by atomic mass is 35.5. The summed E-state index contributed by atoms with van der Waals surface area (Å²) in [5, 5.41) is 14.9. The molecule has 0 aromatic carbocycles. The molecule has 0 aromatic heterocycles. The minimum Gasteiger partial charge on any atom is -0.480 e. The quantitative estimate of drug-likeness (QED) is 0.559. The molecule has 1 saturated heterocycles. The molecule has 1 aliphatic rings. The van der Waals surface area contributed by atoms with E-state index >= 15 is 0 Å². The molecule has 17 heavy (non-hydrogen) atoms. The maximum absolute atomic E-state index is 11.2. The van der Waals surface area contributed by atoms with Crippen molar-refractivity contribution >= 4 is 36.9 Å². The predicted molar refractivity (Wildman–Crippen MR) is 70.9 cm³/mol. The van der Waals surface area contributed by atoms with Crippen molar-refractivity contribution in [3.05, 3.63) is 0 Å². The summed E-state index contributed by atoms with van der Waals surface area (Å²) in [6.45, 7) is 2.87. The van der Waals surface area contributed by atoms with Crippen LogP contribution in [0.25, 0.3) is 0 Å². The first-order valence-corrected chi connectivity index (χ1v) is 5.96. The Bertz CT molecular complexity index is 283. The number of amides is 1. The van der Waals surface area contributed by atoms with Crippen LogP contribution in [0.5, 0.6) is 0 Å². The number of halogens is 1. The van der Waals surface area contributed by atoms with Crippen LogP contribution >= 0.6 is 25.0 Å². The molecule has 3 N–H and O–H groups in total. The first-order chi connectivity index (χ1) is 7.52. The number of carboxylic acids is 1. The fraction of sp³-hybridized carbons (Fsp3) is 0.800. The van der Waals surface area contributed by atoms with E-state index in [1.807, 2.05) is 0 Å². The van der Waals surface area contributed by atoms with E-state index in [0.29, 0.717) is 18.6 Å². The van der Waals surface area contributed by atoms with Gasteiger partial charge in [0.1, 0.15) is 6.04 Å². The lowest BCUT2D eigenvalue weighted by Crippen LogP contribution is -2.56. The van der Waals surface area contributed by atoms with Crippen molar-refractivity contribution in [2.75, 3.05) is 18.8 Å². The van der Waals surface area contributed by atoms with E-state index in [1.54, 1.807) is 0 Å². The van der Waals surface area contributed by atoms with Gasteiger partial charge in [-0.15, -0.1) is 12.4 Å². The fourth-order valence-electron chi connectivity index (χ4n) is 2.14. The molecule has 1 heterocycles. The number of carbonyl (C=O) groups excluding carboxylic acids is 1. The largest absolute Gasteiger partial charge is 0.480 e. The monoisotopic (exact) mass is 282 g/mol. The van der Waals surface area contributed by atoms with Gasteiger partial charge >= 0.3 is 5.97 Å². The zero-order chi connectivity index (χ0) is 12.2. The van der Waals surface area contributed by atoms with Gasteiger partial charge in [0.25, 0.3) is 0 Å². The second-order valence-electron chi connectivity index (χ2n) is 4.24. The SMILES string of the molecule is CC(=O)NC(C(=O)O)C1(CS)CCNCC1.Cl. The van der Waals surface area contributed by atoms with Gasteiger partial charge in [0.15, 0.2) is 0 Å². The van der Waals surface area contributed by atoms with Crippen LogP contribution in [0.2, 0.25) is 0 Å². The molecule has 0 aromatic rings. The first-order valence-electron chi connectivity index (χ1n) is 5.33. The zero-order valence-corrected chi connectivity index (χ0v) is 11.4. The third-order valence-corrected chi connectivity index (χ3v) is 3.75. The molecule has 0 spiro atoms. The van der Waals surface area contributed by atoms with E-state index < -0.39 is 17.4 Å². The van der Waals surface area contributed by atoms with Crippen molar-refractivity contribution in [1.82, 2.24) is 10.6 Å². The van der Waals surface area contributed by atoms with Crippen LogP contribution in [-0.2, 0) is 9.59 Å². The summed E-state index contributed by atoms with van der Waals surface area (Å²) in [4.78, 5) is 22.3. The molecule has 1 unspecified atom stereocenters. The molecule has 1 rings (SSSR count). The number of hydrogen-bond donors (Lipinski definition) is 4. The third kappa shape index (κ3) is 4.04. The maximum atomic E-state index is 11.2. The summed E-state index contributed by atoms with van der Waals surface area (Å²) >= 11 is 4.26. The van der Waals surface area contributed by atoms with Gasteiger partial charge in [0.2, 0.25) is 5.91 Å². The molecule has 1 atom stereocenters. The zero-order valence-electron chi connectivity index (χ0n) is 9.73. The van der Waals surface area contributed by atoms with Crippen LogP contribution in [0.15, 0.2) is 0 Å². The molecule has 0 aliphatic carbocycles. The Hall–Kier alpha value is -0.460. The number of carboxylic acid groups (broad SMARTS) is 1. The third-order valence-electron chi connectivity index (χ3n) is 3.12. The number of rotatable bonds is 4. The molecule has 5 nitrogen and oxygen atoms in total. The standard InChI is InChI=1S/C10H18N2O3S.ClH/c1-7(13)12-8(9(14)15)10(6-16)2-4-11-5-3-10;/h8,11,16H,2-6H2,1H3,(H,12,13)(H,14,15);1H. The molecule has 1 fully saturated rings. The van der Waals surface area contributed by atoms with Crippen LogP contribution < -0.4 is 10.6 Å². The number of piperidine rings is 1. The second kappa shape index (κ2) is 7.08. The Morgan fingerprint density at radius 1 is 1.47 bits per heavy atom. The Morgan fingerprint density at radius 3 is 2.35 bits per heavy atom. The topological polar surface area (TPSA) is 78.4 Å². The number of thiol groups is 1. The smallest absolute Gasteiger partial charge is 0.326 e. The van der Waals surface area contributed by atoms with E-state index in [9.17, 15) is 14.7 Å². The molecular weight excluding hydrogens is 264 g/mol. The number of nitrogens with one attached hydrogen (secondary N) is 2. The summed E-state index contributed by atoms with van der Waals surface area (Å²) in [5.41, 5.74) is -0.439. The minimum absolute atomic E-state index is 0. The maximum Gasteiger partial charge on any atom is 0.326 e. The average Bonchev–Trinajstić information content (AvgIpc) is 2.26. The van der Waals surface area contributed by atoms with Gasteiger partial charge in [-0.05, 0) is 31.7 Å². The molecule has 0 bridgehead atoms. The molecule has 0 radical (unpaired) electrons. The van der Waals surface area contributed by atoms with Gasteiger partial charge in [-0.25, -0.2) is 4.79 Å². The summed E-state index contributed by atoms with van der Waals surface area (Å²) < 4.78 is 0. The summed E-state index contributed by atoms with van der Waals surface area (Å²) in [5.74, 6) is -0.829. The highest BCUT2D eigenvalue weighted by Crippen LogP contribution is 2.34. The van der Waals surface area contributed by atoms with Crippen molar-refractivity contribution in [1.29, 1.82) is 0 Å². The van der Waals surface area contributed by atoms with Crippen LogP contribution in [0.3, 0.4) is 0 Å². The lowest BCUT2D eigenvalue weighted by molar-refractivity contribution is -0.145. The predicted octanol–water partition coefficient (Wildman–Crippen LogP) is 0.297. The van der Waals surface area contributed by atoms with Crippen LogP contribution in [0, 0.1) is 5.41 Å². The van der Waals surface area contributed by atoms with Gasteiger partial charge in [-0.2, -0.15) is 12.6 Å². The van der Waals surface area contributed by atoms with Gasteiger partial charge in [0.05, 0.1) is 0 Å². The highest BCUT2D eigenvalue weighted by molar-refractivity contribution is 7.80. The molecule has 1 amide bonds. The minimum atomic E-state index is -0.980. The van der Waals surface area contributed by atoms with Gasteiger partial charge in [-0.1, -0.05) is 0 Å². The Balaban J connectivity index is 0.00000256. The van der Waals surface area contributed by atoms with Crippen LogP contribution in [-0.4, -0.2) is 41.9 Å². The van der Waals surface area contributed by atoms with Crippen molar-refractivity contribution in [2.45, 2.75) is 25.8 Å². The van der Waals surface area contributed by atoms with Crippen molar-refractivity contribution < 1.29 is 14.7 Å².